The summed E-state index contributed by atoms with van der Waals surface area (Å²) in [5.41, 5.74) is 0. The Bertz CT molecular complexity index is 188. The van der Waals surface area contributed by atoms with Crippen LogP contribution >= 0.6 is 0 Å². The molecule has 82 valence electrons. The summed E-state index contributed by atoms with van der Waals surface area (Å²) >= 11 is 0. The third kappa shape index (κ3) is 2.69. The molecule has 1 saturated carbocycles. The van der Waals surface area contributed by atoms with Crippen molar-refractivity contribution in [2.24, 2.45) is 5.92 Å². The molecule has 0 spiro atoms. The van der Waals surface area contributed by atoms with Gasteiger partial charge in [0.15, 0.2) is 0 Å². The van der Waals surface area contributed by atoms with Gasteiger partial charge in [0.2, 0.25) is 5.91 Å². The van der Waals surface area contributed by atoms with Crippen molar-refractivity contribution in [3.8, 4) is 0 Å². The van der Waals surface area contributed by atoms with Gasteiger partial charge in [0.25, 0.3) is 0 Å². The van der Waals surface area contributed by atoms with E-state index in [4.69, 9.17) is 9.57 Å². The number of nitrogens with zero attached hydrogens (tertiary/aromatic N) is 1. The molecular weight excluding hydrogens is 182 g/mol. The van der Waals surface area contributed by atoms with Crippen molar-refractivity contribution in [3.63, 3.8) is 0 Å². The molecule has 0 radical (unpaired) electrons. The minimum atomic E-state index is 0.0852. The highest BCUT2D eigenvalue weighted by Gasteiger charge is 2.28. The Hall–Kier alpha value is -0.610. The number of carbonyl (C=O) groups is 1. The van der Waals surface area contributed by atoms with Crippen molar-refractivity contribution in [2.75, 3.05) is 21.3 Å². The molecule has 14 heavy (non-hydrogen) atoms. The molecule has 1 amide bonds. The molecule has 1 aliphatic carbocycles. The Balaban J connectivity index is 2.37. The lowest BCUT2D eigenvalue weighted by Crippen LogP contribution is -2.35. The van der Waals surface area contributed by atoms with E-state index in [0.29, 0.717) is 6.10 Å². The molecule has 0 bridgehead atoms. The number of hydrogen-bond donors (Lipinski definition) is 0. The third-order valence-corrected chi connectivity index (χ3v) is 2.94. The Kier molecular flexibility index (Phi) is 4.35. The number of hydrogen-bond acceptors (Lipinski definition) is 3. The van der Waals surface area contributed by atoms with Gasteiger partial charge in [0.05, 0.1) is 13.2 Å². The minimum Gasteiger partial charge on any atom is -0.381 e. The number of hydroxylamine groups is 2. The van der Waals surface area contributed by atoms with Gasteiger partial charge in [-0.05, 0) is 25.7 Å². The molecule has 1 aliphatic rings. The SMILES string of the molecule is COC1CCC(C(=O)N(C)OC)CC1. The third-order valence-electron chi connectivity index (χ3n) is 2.94. The molecule has 0 aromatic heterocycles. The van der Waals surface area contributed by atoms with Crippen LogP contribution in [0.4, 0.5) is 0 Å². The van der Waals surface area contributed by atoms with Crippen LogP contribution in [0.25, 0.3) is 0 Å². The zero-order valence-corrected chi connectivity index (χ0v) is 9.16. The van der Waals surface area contributed by atoms with Crippen LogP contribution in [0.1, 0.15) is 25.7 Å². The molecule has 0 aromatic rings. The average Bonchev–Trinajstić information content (AvgIpc) is 2.27. The quantitative estimate of drug-likeness (QED) is 0.644. The fourth-order valence-electron chi connectivity index (χ4n) is 1.89. The van der Waals surface area contributed by atoms with Crippen LogP contribution in [-0.4, -0.2) is 38.3 Å². The second-order valence-electron chi connectivity index (χ2n) is 3.73. The summed E-state index contributed by atoms with van der Waals surface area (Å²) in [6.45, 7) is 0. The fourth-order valence-corrected chi connectivity index (χ4v) is 1.89. The number of rotatable bonds is 3. The van der Waals surface area contributed by atoms with Crippen LogP contribution in [0.15, 0.2) is 0 Å². The summed E-state index contributed by atoms with van der Waals surface area (Å²) in [5.74, 6) is 0.202. The van der Waals surface area contributed by atoms with Gasteiger partial charge in [-0.25, -0.2) is 5.06 Å². The van der Waals surface area contributed by atoms with Gasteiger partial charge in [-0.2, -0.15) is 0 Å². The first kappa shape index (κ1) is 11.5. The van der Waals surface area contributed by atoms with Crippen molar-refractivity contribution >= 4 is 5.91 Å². The molecule has 0 aliphatic heterocycles. The first-order chi connectivity index (χ1) is 6.69. The smallest absolute Gasteiger partial charge is 0.248 e. The molecule has 1 rings (SSSR count). The van der Waals surface area contributed by atoms with E-state index in [0.717, 1.165) is 25.7 Å². The van der Waals surface area contributed by atoms with E-state index in [-0.39, 0.29) is 11.8 Å². The summed E-state index contributed by atoms with van der Waals surface area (Å²) in [5, 5.41) is 1.32. The highest BCUT2D eigenvalue weighted by Crippen LogP contribution is 2.27. The monoisotopic (exact) mass is 201 g/mol. The predicted molar refractivity (Wildman–Crippen MR) is 52.5 cm³/mol. The molecule has 0 heterocycles. The normalized spacial score (nSPS) is 27.4. The Morgan fingerprint density at radius 1 is 1.21 bits per heavy atom. The van der Waals surface area contributed by atoms with Crippen LogP contribution in [0.3, 0.4) is 0 Å². The average molecular weight is 201 g/mol. The van der Waals surface area contributed by atoms with Crippen LogP contribution in [0, 0.1) is 5.92 Å². The predicted octanol–water partition coefficient (Wildman–Crippen LogP) is 1.21. The molecule has 1 fully saturated rings. The maximum atomic E-state index is 11.7. The molecule has 4 heteroatoms. The Morgan fingerprint density at radius 2 is 1.79 bits per heavy atom. The van der Waals surface area contributed by atoms with Crippen molar-refractivity contribution in [1.29, 1.82) is 0 Å². The first-order valence-electron chi connectivity index (χ1n) is 5.03. The standard InChI is InChI=1S/C10H19NO3/c1-11(14-3)10(12)8-4-6-9(13-2)7-5-8/h8-9H,4-7H2,1-3H3. The van der Waals surface area contributed by atoms with E-state index in [2.05, 4.69) is 0 Å². The molecule has 0 atom stereocenters. The van der Waals surface area contributed by atoms with Gasteiger partial charge >= 0.3 is 0 Å². The molecule has 0 unspecified atom stereocenters. The van der Waals surface area contributed by atoms with Crippen LogP contribution < -0.4 is 0 Å². The zero-order chi connectivity index (χ0) is 10.6. The van der Waals surface area contributed by atoms with Crippen molar-refractivity contribution < 1.29 is 14.4 Å². The highest BCUT2D eigenvalue weighted by molar-refractivity contribution is 5.77. The first-order valence-corrected chi connectivity index (χ1v) is 5.03. The number of ether oxygens (including phenoxy) is 1. The maximum Gasteiger partial charge on any atom is 0.248 e. The zero-order valence-electron chi connectivity index (χ0n) is 9.16. The van der Waals surface area contributed by atoms with Crippen molar-refractivity contribution in [3.05, 3.63) is 0 Å². The second-order valence-corrected chi connectivity index (χ2v) is 3.73. The van der Waals surface area contributed by atoms with Gasteiger partial charge in [-0.3, -0.25) is 9.63 Å². The van der Waals surface area contributed by atoms with Crippen molar-refractivity contribution in [2.45, 2.75) is 31.8 Å². The van der Waals surface area contributed by atoms with E-state index in [9.17, 15) is 4.79 Å². The second kappa shape index (κ2) is 5.32. The van der Waals surface area contributed by atoms with Gasteiger partial charge in [-0.1, -0.05) is 0 Å². The number of amides is 1. The van der Waals surface area contributed by atoms with Gasteiger partial charge < -0.3 is 4.74 Å². The van der Waals surface area contributed by atoms with Crippen LogP contribution in [-0.2, 0) is 14.4 Å². The number of methoxy groups -OCH3 is 1. The van der Waals surface area contributed by atoms with E-state index in [1.807, 2.05) is 0 Å². The van der Waals surface area contributed by atoms with Crippen molar-refractivity contribution in [1.82, 2.24) is 5.06 Å². The van der Waals surface area contributed by atoms with Gasteiger partial charge in [0.1, 0.15) is 0 Å². The minimum absolute atomic E-state index is 0.0852. The van der Waals surface area contributed by atoms with Gasteiger partial charge in [-0.15, -0.1) is 0 Å². The van der Waals surface area contributed by atoms with E-state index in [1.165, 1.54) is 12.2 Å². The number of carbonyl (C=O) groups excluding carboxylic acids is 1. The molecular formula is C10H19NO3. The van der Waals surface area contributed by atoms with Crippen LogP contribution in [0.5, 0.6) is 0 Å². The van der Waals surface area contributed by atoms with Crippen LogP contribution in [0.2, 0.25) is 0 Å². The summed E-state index contributed by atoms with van der Waals surface area (Å²) in [6, 6.07) is 0. The fraction of sp³-hybridized carbons (Fsp3) is 0.900. The largest absolute Gasteiger partial charge is 0.381 e. The Morgan fingerprint density at radius 3 is 2.21 bits per heavy atom. The lowest BCUT2D eigenvalue weighted by atomic mass is 9.87. The lowest BCUT2D eigenvalue weighted by molar-refractivity contribution is -0.175. The topological polar surface area (TPSA) is 38.8 Å². The molecule has 0 saturated heterocycles. The summed E-state index contributed by atoms with van der Waals surface area (Å²) < 4.78 is 5.25. The summed E-state index contributed by atoms with van der Waals surface area (Å²) in [4.78, 5) is 16.6. The molecule has 4 nitrogen and oxygen atoms in total. The molecule has 0 N–H and O–H groups in total. The Labute approximate surface area is 85.1 Å². The lowest BCUT2D eigenvalue weighted by Gasteiger charge is -2.28. The van der Waals surface area contributed by atoms with Gasteiger partial charge in [0, 0.05) is 20.1 Å². The summed E-state index contributed by atoms with van der Waals surface area (Å²) in [6.07, 6.45) is 4.11. The van der Waals surface area contributed by atoms with E-state index in [1.54, 1.807) is 14.2 Å². The summed E-state index contributed by atoms with van der Waals surface area (Å²) in [7, 11) is 4.90. The molecule has 0 aromatic carbocycles. The highest BCUT2D eigenvalue weighted by atomic mass is 16.7. The van der Waals surface area contributed by atoms with E-state index >= 15 is 0 Å². The maximum absolute atomic E-state index is 11.7. The van der Waals surface area contributed by atoms with E-state index < -0.39 is 0 Å².